The molecule has 2 amide bonds. The van der Waals surface area contributed by atoms with Gasteiger partial charge in [-0.3, -0.25) is 13.9 Å². The molecule has 0 aliphatic heterocycles. The smallest absolute Gasteiger partial charge is 0.264 e. The number of rotatable bonds is 12. The Bertz CT molecular complexity index is 1700. The van der Waals surface area contributed by atoms with E-state index in [-0.39, 0.29) is 45.5 Å². The molecule has 0 saturated heterocycles. The van der Waals surface area contributed by atoms with Gasteiger partial charge in [0.1, 0.15) is 12.6 Å². The summed E-state index contributed by atoms with van der Waals surface area (Å²) in [6.07, 6.45) is 0.223. The van der Waals surface area contributed by atoms with E-state index in [1.54, 1.807) is 30.3 Å². The van der Waals surface area contributed by atoms with E-state index in [9.17, 15) is 18.0 Å². The lowest BCUT2D eigenvalue weighted by atomic mass is 10.0. The number of benzene rings is 4. The van der Waals surface area contributed by atoms with Crippen LogP contribution in [0.3, 0.4) is 0 Å². The third-order valence-corrected chi connectivity index (χ3v) is 9.70. The molecule has 0 bridgehead atoms. The van der Waals surface area contributed by atoms with Gasteiger partial charge in [0.05, 0.1) is 20.6 Å². The maximum atomic E-state index is 14.5. The molecule has 0 radical (unpaired) electrons. The zero-order valence-corrected chi connectivity index (χ0v) is 27.1. The van der Waals surface area contributed by atoms with E-state index in [2.05, 4.69) is 5.32 Å². The molecule has 0 saturated carbocycles. The van der Waals surface area contributed by atoms with Gasteiger partial charge in [-0.05, 0) is 61.7 Å². The fourth-order valence-corrected chi connectivity index (χ4v) is 6.72. The number of nitrogens with zero attached hydrogens (tertiary/aromatic N) is 2. The van der Waals surface area contributed by atoms with E-state index < -0.39 is 28.5 Å². The first-order valence-corrected chi connectivity index (χ1v) is 16.4. The second-order valence-electron chi connectivity index (χ2n) is 10.7. The first-order valence-electron chi connectivity index (χ1n) is 14.2. The Hall–Kier alpha value is -3.85. The molecule has 0 fully saturated rings. The van der Waals surface area contributed by atoms with Gasteiger partial charge in [0.2, 0.25) is 11.8 Å². The minimum Gasteiger partial charge on any atom is -0.352 e. The Balaban J connectivity index is 1.84. The zero-order chi connectivity index (χ0) is 31.9. The van der Waals surface area contributed by atoms with Crippen molar-refractivity contribution in [2.75, 3.05) is 10.8 Å². The van der Waals surface area contributed by atoms with Crippen LogP contribution in [0, 0.1) is 6.92 Å². The second-order valence-corrected chi connectivity index (χ2v) is 13.4. The predicted molar refractivity (Wildman–Crippen MR) is 176 cm³/mol. The van der Waals surface area contributed by atoms with Gasteiger partial charge < -0.3 is 10.2 Å². The van der Waals surface area contributed by atoms with Crippen LogP contribution in [-0.2, 0) is 32.6 Å². The summed E-state index contributed by atoms with van der Waals surface area (Å²) in [6, 6.07) is 28.3. The van der Waals surface area contributed by atoms with Crippen molar-refractivity contribution in [3.8, 4) is 0 Å². The summed E-state index contributed by atoms with van der Waals surface area (Å²) in [5.41, 5.74) is 2.67. The van der Waals surface area contributed by atoms with Crippen LogP contribution in [0.2, 0.25) is 10.0 Å². The summed E-state index contributed by atoms with van der Waals surface area (Å²) in [4.78, 5) is 29.7. The molecule has 0 spiro atoms. The summed E-state index contributed by atoms with van der Waals surface area (Å²) in [7, 11) is -4.28. The molecule has 0 aromatic heterocycles. The second kappa shape index (κ2) is 14.8. The molecule has 4 rings (SSSR count). The Labute approximate surface area is 269 Å². The van der Waals surface area contributed by atoms with Gasteiger partial charge in [0, 0.05) is 19.0 Å². The molecular weight excluding hydrogens is 617 g/mol. The van der Waals surface area contributed by atoms with Crippen molar-refractivity contribution in [3.63, 3.8) is 0 Å². The quantitative estimate of drug-likeness (QED) is 0.186. The Kier molecular flexibility index (Phi) is 11.1. The minimum absolute atomic E-state index is 0.00897. The third-order valence-electron chi connectivity index (χ3n) is 7.11. The van der Waals surface area contributed by atoms with E-state index in [4.69, 9.17) is 23.2 Å². The first-order chi connectivity index (χ1) is 21.0. The number of nitrogens with one attached hydrogen (secondary N) is 1. The van der Waals surface area contributed by atoms with Crippen LogP contribution in [0.5, 0.6) is 0 Å². The van der Waals surface area contributed by atoms with E-state index in [0.29, 0.717) is 0 Å². The topological polar surface area (TPSA) is 86.8 Å². The molecule has 1 N–H and O–H groups in total. The van der Waals surface area contributed by atoms with Crippen LogP contribution in [0.1, 0.15) is 30.5 Å². The molecule has 1 atom stereocenters. The number of hydrogen-bond donors (Lipinski definition) is 1. The van der Waals surface area contributed by atoms with Gasteiger partial charge in [-0.2, -0.15) is 0 Å². The molecule has 0 aliphatic rings. The molecule has 44 heavy (non-hydrogen) atoms. The number of anilines is 1. The lowest BCUT2D eigenvalue weighted by Gasteiger charge is -2.34. The Morgan fingerprint density at radius 1 is 0.818 bits per heavy atom. The maximum Gasteiger partial charge on any atom is 0.264 e. The van der Waals surface area contributed by atoms with Crippen LogP contribution in [0.4, 0.5) is 5.69 Å². The minimum atomic E-state index is -4.28. The standard InChI is InChI=1S/C34H35Cl2N3O4S/c1-24(2)37-34(41)31(21-26-14-6-4-7-15-26)38(22-27-16-11-10-13-25(27)3)32(40)23-39(30-20-12-19-29(35)33(30)36)44(42,43)28-17-8-5-9-18-28/h4-20,24,31H,21-23H2,1-3H3,(H,37,41)/t31-/m1/s1. The van der Waals surface area contributed by atoms with Crippen molar-refractivity contribution in [1.82, 2.24) is 10.2 Å². The monoisotopic (exact) mass is 651 g/mol. The summed E-state index contributed by atoms with van der Waals surface area (Å²) in [5.74, 6) is -0.923. The molecule has 0 aliphatic carbocycles. The summed E-state index contributed by atoms with van der Waals surface area (Å²) in [6.45, 7) is 5.08. The molecule has 4 aromatic carbocycles. The van der Waals surface area contributed by atoms with Crippen LogP contribution < -0.4 is 9.62 Å². The highest BCUT2D eigenvalue weighted by Crippen LogP contribution is 2.35. The highest BCUT2D eigenvalue weighted by molar-refractivity contribution is 7.92. The highest BCUT2D eigenvalue weighted by Gasteiger charge is 2.35. The van der Waals surface area contributed by atoms with Crippen molar-refractivity contribution in [1.29, 1.82) is 0 Å². The molecule has 0 unspecified atom stereocenters. The molecule has 10 heteroatoms. The highest BCUT2D eigenvalue weighted by atomic mass is 35.5. The summed E-state index contributed by atoms with van der Waals surface area (Å²) < 4.78 is 29.1. The number of halogens is 2. The van der Waals surface area contributed by atoms with E-state index in [1.165, 1.54) is 23.1 Å². The molecular formula is C34H35Cl2N3O4S. The van der Waals surface area contributed by atoms with Gasteiger partial charge in [0.25, 0.3) is 10.0 Å². The molecule has 4 aromatic rings. The van der Waals surface area contributed by atoms with Crippen molar-refractivity contribution in [2.24, 2.45) is 0 Å². The number of carbonyl (C=O) groups is 2. The van der Waals surface area contributed by atoms with Crippen LogP contribution >= 0.6 is 23.2 Å². The number of aryl methyl sites for hydroxylation is 1. The van der Waals surface area contributed by atoms with Crippen LogP contribution in [0.25, 0.3) is 0 Å². The number of hydrogen-bond acceptors (Lipinski definition) is 4. The lowest BCUT2D eigenvalue weighted by Crippen LogP contribution is -2.54. The average molecular weight is 653 g/mol. The Morgan fingerprint density at radius 2 is 1.43 bits per heavy atom. The van der Waals surface area contributed by atoms with Crippen molar-refractivity contribution >= 4 is 50.7 Å². The number of carbonyl (C=O) groups excluding carboxylic acids is 2. The average Bonchev–Trinajstić information content (AvgIpc) is 3.00. The van der Waals surface area contributed by atoms with Gasteiger partial charge in [0.15, 0.2) is 0 Å². The predicted octanol–water partition coefficient (Wildman–Crippen LogP) is 6.66. The third kappa shape index (κ3) is 8.00. The fraction of sp³-hybridized carbons (Fsp3) is 0.235. The van der Waals surface area contributed by atoms with E-state index in [1.807, 2.05) is 75.4 Å². The first kappa shape index (κ1) is 33.1. The van der Waals surface area contributed by atoms with Gasteiger partial charge in [-0.1, -0.05) is 102 Å². The van der Waals surface area contributed by atoms with Crippen LogP contribution in [0.15, 0.2) is 108 Å². The lowest BCUT2D eigenvalue weighted by molar-refractivity contribution is -0.140. The normalized spacial score (nSPS) is 12.0. The number of sulfonamides is 1. The maximum absolute atomic E-state index is 14.5. The van der Waals surface area contributed by atoms with Crippen LogP contribution in [-0.4, -0.2) is 43.8 Å². The molecule has 230 valence electrons. The number of amides is 2. The van der Waals surface area contributed by atoms with Crippen molar-refractivity contribution in [2.45, 2.75) is 50.7 Å². The zero-order valence-electron chi connectivity index (χ0n) is 24.8. The van der Waals surface area contributed by atoms with E-state index >= 15 is 0 Å². The van der Waals surface area contributed by atoms with Gasteiger partial charge >= 0.3 is 0 Å². The summed E-state index contributed by atoms with van der Waals surface area (Å²) >= 11 is 12.9. The largest absolute Gasteiger partial charge is 0.352 e. The summed E-state index contributed by atoms with van der Waals surface area (Å²) in [5, 5.41) is 3.08. The van der Waals surface area contributed by atoms with Crippen molar-refractivity contribution in [3.05, 3.63) is 130 Å². The van der Waals surface area contributed by atoms with Crippen molar-refractivity contribution < 1.29 is 18.0 Å². The van der Waals surface area contributed by atoms with E-state index in [0.717, 1.165) is 21.0 Å². The Morgan fingerprint density at radius 3 is 2.07 bits per heavy atom. The SMILES string of the molecule is Cc1ccccc1CN(C(=O)CN(c1cccc(Cl)c1Cl)S(=O)(=O)c1ccccc1)[C@H](Cc1ccccc1)C(=O)NC(C)C. The fourth-order valence-electron chi connectivity index (χ4n) is 4.82. The van der Waals surface area contributed by atoms with Gasteiger partial charge in [-0.25, -0.2) is 8.42 Å². The molecule has 0 heterocycles. The molecule has 7 nitrogen and oxygen atoms in total. The van der Waals surface area contributed by atoms with Gasteiger partial charge in [-0.15, -0.1) is 0 Å².